The van der Waals surface area contributed by atoms with Crippen LogP contribution in [0.5, 0.6) is 5.88 Å². The molecule has 3 aromatic carbocycles. The second kappa shape index (κ2) is 17.7. The lowest BCUT2D eigenvalue weighted by atomic mass is 9.89. The lowest BCUT2D eigenvalue weighted by molar-refractivity contribution is -0.144. The second-order valence-electron chi connectivity index (χ2n) is 13.0. The average Bonchev–Trinajstić information content (AvgIpc) is 3.15. The summed E-state index contributed by atoms with van der Waals surface area (Å²) in [5, 5.41) is 2.99. The largest absolute Gasteiger partial charge is 0.477 e. The summed E-state index contributed by atoms with van der Waals surface area (Å²) < 4.78 is 140. The smallest absolute Gasteiger partial charge is 0.416 e. The van der Waals surface area contributed by atoms with Gasteiger partial charge in [-0.05, 0) is 79.3 Å². The van der Waals surface area contributed by atoms with Crippen molar-refractivity contribution in [2.45, 2.75) is 83.2 Å². The van der Waals surface area contributed by atoms with Crippen LogP contribution in [-0.2, 0) is 45.8 Å². The van der Waals surface area contributed by atoms with Crippen LogP contribution in [-0.4, -0.2) is 41.3 Å². The Labute approximate surface area is 321 Å². The highest BCUT2D eigenvalue weighted by Gasteiger charge is 2.40. The van der Waals surface area contributed by atoms with Crippen LogP contribution in [0.25, 0.3) is 0 Å². The molecule has 0 radical (unpaired) electrons. The SMILES string of the molecule is CCOC(=O)CCCOc1nc(N[C@H]2C[C@@H](CC)N(C(=O)OCc3ccccc3)c3ccc(C(F)(F)F)cc32)ncc1Cc1cc(C(F)(F)F)cc(C(F)(F)F)c1. The zero-order valence-corrected chi connectivity index (χ0v) is 30.5. The molecule has 5 rings (SSSR count). The molecule has 0 bridgehead atoms. The van der Waals surface area contributed by atoms with Crippen LogP contribution < -0.4 is 15.0 Å². The molecule has 1 aliphatic heterocycles. The minimum atomic E-state index is -5.10. The van der Waals surface area contributed by atoms with Gasteiger partial charge in [0.05, 0.1) is 41.6 Å². The van der Waals surface area contributed by atoms with Gasteiger partial charge in [-0.3, -0.25) is 9.69 Å². The minimum Gasteiger partial charge on any atom is -0.477 e. The Morgan fingerprint density at radius 3 is 2.11 bits per heavy atom. The van der Waals surface area contributed by atoms with E-state index >= 15 is 0 Å². The normalized spacial score (nSPS) is 15.8. The molecule has 1 aromatic heterocycles. The predicted octanol–water partition coefficient (Wildman–Crippen LogP) is 10.3. The molecule has 57 heavy (non-hydrogen) atoms. The van der Waals surface area contributed by atoms with Crippen LogP contribution in [0, 0.1) is 0 Å². The first-order chi connectivity index (χ1) is 26.9. The molecule has 1 N–H and O–H groups in total. The minimum absolute atomic E-state index is 0.000298. The quantitative estimate of drug-likeness (QED) is 0.0809. The molecule has 9 nitrogen and oxygen atoms in total. The number of amides is 1. The van der Waals surface area contributed by atoms with Gasteiger partial charge in [-0.1, -0.05) is 37.3 Å². The van der Waals surface area contributed by atoms with Gasteiger partial charge < -0.3 is 19.5 Å². The molecular formula is C39H37F9N4O5. The second-order valence-corrected chi connectivity index (χ2v) is 13.0. The third-order valence-electron chi connectivity index (χ3n) is 8.98. The van der Waals surface area contributed by atoms with E-state index in [9.17, 15) is 49.1 Å². The Balaban J connectivity index is 1.49. The maximum absolute atomic E-state index is 14.0. The fourth-order valence-corrected chi connectivity index (χ4v) is 6.28. The van der Waals surface area contributed by atoms with E-state index in [2.05, 4.69) is 15.3 Å². The summed E-state index contributed by atoms with van der Waals surface area (Å²) in [5.41, 5.74) is -3.58. The van der Waals surface area contributed by atoms with E-state index in [0.717, 1.165) is 18.3 Å². The number of rotatable bonds is 13. The van der Waals surface area contributed by atoms with E-state index in [1.165, 1.54) is 11.0 Å². The average molecular weight is 813 g/mol. The van der Waals surface area contributed by atoms with Crippen molar-refractivity contribution >= 4 is 23.7 Å². The number of fused-ring (bicyclic) bond motifs is 1. The highest BCUT2D eigenvalue weighted by atomic mass is 19.4. The van der Waals surface area contributed by atoms with E-state index in [4.69, 9.17) is 14.2 Å². The first kappa shape index (κ1) is 42.6. The molecule has 2 atom stereocenters. The fourth-order valence-electron chi connectivity index (χ4n) is 6.28. The zero-order chi connectivity index (χ0) is 41.5. The highest BCUT2D eigenvalue weighted by molar-refractivity contribution is 5.90. The van der Waals surface area contributed by atoms with Crippen molar-refractivity contribution in [1.29, 1.82) is 0 Å². The number of halogens is 9. The number of benzene rings is 3. The van der Waals surface area contributed by atoms with Gasteiger partial charge in [0.15, 0.2) is 0 Å². The molecular weight excluding hydrogens is 775 g/mol. The summed E-state index contributed by atoms with van der Waals surface area (Å²) in [6.45, 7) is 3.24. The van der Waals surface area contributed by atoms with Crippen molar-refractivity contribution in [3.05, 3.63) is 112 Å². The number of alkyl halides is 9. The summed E-state index contributed by atoms with van der Waals surface area (Å²) in [6.07, 6.45) is -14.7. The summed E-state index contributed by atoms with van der Waals surface area (Å²) in [6, 6.07) is 11.3. The van der Waals surface area contributed by atoms with Gasteiger partial charge in [-0.2, -0.15) is 44.5 Å². The molecule has 1 aliphatic rings. The lowest BCUT2D eigenvalue weighted by Crippen LogP contribution is -2.46. The van der Waals surface area contributed by atoms with Crippen molar-refractivity contribution in [3.8, 4) is 5.88 Å². The number of hydrogen-bond acceptors (Lipinski definition) is 8. The third-order valence-corrected chi connectivity index (χ3v) is 8.98. The van der Waals surface area contributed by atoms with Crippen molar-refractivity contribution in [2.24, 2.45) is 0 Å². The van der Waals surface area contributed by atoms with E-state index in [1.54, 1.807) is 44.2 Å². The lowest BCUT2D eigenvalue weighted by Gasteiger charge is -2.40. The number of carbonyl (C=O) groups excluding carboxylic acids is 2. The van der Waals surface area contributed by atoms with Gasteiger partial charge in [0.1, 0.15) is 6.61 Å². The Morgan fingerprint density at radius 2 is 1.49 bits per heavy atom. The topological polar surface area (TPSA) is 103 Å². The van der Waals surface area contributed by atoms with E-state index < -0.39 is 65.8 Å². The van der Waals surface area contributed by atoms with Crippen LogP contribution in [0.2, 0.25) is 0 Å². The molecule has 0 saturated heterocycles. The van der Waals surface area contributed by atoms with Gasteiger partial charge in [0.2, 0.25) is 11.8 Å². The number of nitrogens with one attached hydrogen (secondary N) is 1. The van der Waals surface area contributed by atoms with Crippen LogP contribution in [0.4, 0.5) is 55.9 Å². The summed E-state index contributed by atoms with van der Waals surface area (Å²) in [7, 11) is 0. The van der Waals surface area contributed by atoms with Crippen molar-refractivity contribution in [2.75, 3.05) is 23.4 Å². The van der Waals surface area contributed by atoms with Crippen LogP contribution in [0.15, 0.2) is 72.9 Å². The molecule has 0 aliphatic carbocycles. The van der Waals surface area contributed by atoms with E-state index in [-0.39, 0.29) is 79.4 Å². The molecule has 0 saturated carbocycles. The molecule has 1 amide bonds. The Morgan fingerprint density at radius 1 is 0.825 bits per heavy atom. The zero-order valence-electron chi connectivity index (χ0n) is 30.5. The third kappa shape index (κ3) is 11.1. The molecule has 0 unspecified atom stereocenters. The van der Waals surface area contributed by atoms with Crippen LogP contribution in [0.3, 0.4) is 0 Å². The Bertz CT molecular complexity index is 1990. The van der Waals surface area contributed by atoms with Gasteiger partial charge >= 0.3 is 30.6 Å². The van der Waals surface area contributed by atoms with Gasteiger partial charge in [0.25, 0.3) is 0 Å². The maximum Gasteiger partial charge on any atom is 0.416 e. The predicted molar refractivity (Wildman–Crippen MR) is 188 cm³/mol. The van der Waals surface area contributed by atoms with Crippen molar-refractivity contribution < 1.29 is 63.3 Å². The number of esters is 1. The van der Waals surface area contributed by atoms with Gasteiger partial charge in [-0.25, -0.2) is 9.78 Å². The maximum atomic E-state index is 14.0. The summed E-state index contributed by atoms with van der Waals surface area (Å²) >= 11 is 0. The van der Waals surface area contributed by atoms with Crippen LogP contribution in [0.1, 0.15) is 84.5 Å². The number of hydrogen-bond donors (Lipinski definition) is 1. The molecule has 0 fully saturated rings. The molecule has 4 aromatic rings. The first-order valence-corrected chi connectivity index (χ1v) is 17.8. The van der Waals surface area contributed by atoms with E-state index in [0.29, 0.717) is 24.1 Å². The first-order valence-electron chi connectivity index (χ1n) is 17.8. The number of anilines is 2. The molecule has 18 heteroatoms. The Kier molecular flexibility index (Phi) is 13.2. The summed E-state index contributed by atoms with van der Waals surface area (Å²) in [4.78, 5) is 35.2. The number of nitrogens with zero attached hydrogens (tertiary/aromatic N) is 3. The van der Waals surface area contributed by atoms with Crippen molar-refractivity contribution in [3.63, 3.8) is 0 Å². The van der Waals surface area contributed by atoms with Gasteiger partial charge in [-0.15, -0.1) is 0 Å². The molecule has 2 heterocycles. The van der Waals surface area contributed by atoms with Crippen molar-refractivity contribution in [1.82, 2.24) is 9.97 Å². The number of aromatic nitrogens is 2. The molecule has 306 valence electrons. The highest BCUT2D eigenvalue weighted by Crippen LogP contribution is 2.43. The number of carbonyl (C=O) groups is 2. The number of ether oxygens (including phenoxy) is 3. The summed E-state index contributed by atoms with van der Waals surface area (Å²) in [5.74, 6) is -1.00. The fraction of sp³-hybridized carbons (Fsp3) is 0.385. The molecule has 0 spiro atoms. The Hall–Kier alpha value is -5.55. The monoisotopic (exact) mass is 812 g/mol. The standard InChI is InChI=1S/C39H37F9N4O5/c1-3-29-20-31(30-19-26(37(40,41)42)12-13-32(30)52(29)36(54)57-22-23-9-6-5-7-10-23)50-35-49-21-25(34(51-35)56-14-8-11-33(53)55-4-2)15-24-16-27(38(43,44)45)18-28(17-24)39(46,47)48/h5-7,9-10,12-13,16-19,21,29,31H,3-4,8,11,14-15,20,22H2,1-2H3,(H,49,50,51)/t29-,31+/m1/s1. The van der Waals surface area contributed by atoms with Crippen LogP contribution >= 0.6 is 0 Å². The van der Waals surface area contributed by atoms with E-state index in [1.807, 2.05) is 0 Å². The van der Waals surface area contributed by atoms with Gasteiger partial charge in [0, 0.05) is 30.6 Å².